The molecule has 1 aliphatic rings. The first-order valence-corrected chi connectivity index (χ1v) is 8.18. The van der Waals surface area contributed by atoms with Gasteiger partial charge in [-0.3, -0.25) is 0 Å². The van der Waals surface area contributed by atoms with E-state index < -0.39 is 11.6 Å². The maximum Gasteiger partial charge on any atom is 0.318 e. The second-order valence-corrected chi connectivity index (χ2v) is 6.03. The van der Waals surface area contributed by atoms with Gasteiger partial charge in [0, 0.05) is 20.2 Å². The van der Waals surface area contributed by atoms with Crippen molar-refractivity contribution in [1.82, 2.24) is 10.2 Å². The van der Waals surface area contributed by atoms with Crippen LogP contribution in [0.5, 0.6) is 5.75 Å². The molecule has 25 heavy (non-hydrogen) atoms. The number of phenols is 1. The van der Waals surface area contributed by atoms with E-state index in [-0.39, 0.29) is 18.6 Å². The predicted octanol–water partition coefficient (Wildman–Crippen LogP) is 3.32. The van der Waals surface area contributed by atoms with Crippen LogP contribution < -0.4 is 5.32 Å². The average Bonchev–Trinajstić information content (AvgIpc) is 3.25. The van der Waals surface area contributed by atoms with Crippen LogP contribution in [0.3, 0.4) is 0 Å². The zero-order chi connectivity index (χ0) is 17.8. The molecule has 1 aliphatic heterocycles. The monoisotopic (exact) mass is 348 g/mol. The maximum absolute atomic E-state index is 13.4. The first kappa shape index (κ1) is 17.3. The van der Waals surface area contributed by atoms with Crippen LogP contribution in [0.1, 0.15) is 36.0 Å². The minimum Gasteiger partial charge on any atom is -0.505 e. The van der Waals surface area contributed by atoms with Crippen LogP contribution in [0.2, 0.25) is 0 Å². The van der Waals surface area contributed by atoms with Gasteiger partial charge >= 0.3 is 6.03 Å². The quantitative estimate of drug-likeness (QED) is 0.869. The lowest BCUT2D eigenvalue weighted by Gasteiger charge is -2.23. The molecule has 2 aromatic rings. The highest BCUT2D eigenvalue weighted by Crippen LogP contribution is 2.33. The molecule has 0 radical (unpaired) electrons. The van der Waals surface area contributed by atoms with Gasteiger partial charge in [-0.15, -0.1) is 0 Å². The third-order valence-electron chi connectivity index (χ3n) is 4.27. The van der Waals surface area contributed by atoms with Gasteiger partial charge in [0.05, 0.1) is 6.04 Å². The Morgan fingerprint density at radius 1 is 1.44 bits per heavy atom. The topological polar surface area (TPSA) is 74.9 Å². The highest BCUT2D eigenvalue weighted by molar-refractivity contribution is 5.75. The second kappa shape index (κ2) is 7.57. The van der Waals surface area contributed by atoms with E-state index in [1.54, 1.807) is 18.1 Å². The van der Waals surface area contributed by atoms with Gasteiger partial charge in [0.1, 0.15) is 18.1 Å². The molecule has 6 nitrogen and oxygen atoms in total. The van der Waals surface area contributed by atoms with Crippen molar-refractivity contribution in [3.05, 3.63) is 53.2 Å². The number of urea groups is 1. The zero-order valence-electron chi connectivity index (χ0n) is 14.0. The van der Waals surface area contributed by atoms with Crippen LogP contribution in [0, 0.1) is 5.82 Å². The van der Waals surface area contributed by atoms with Gasteiger partial charge < -0.3 is 24.5 Å². The van der Waals surface area contributed by atoms with Crippen LogP contribution in [0.15, 0.2) is 34.7 Å². The molecule has 2 heterocycles. The number of likely N-dealkylation sites (tertiary alicyclic amines) is 1. The summed E-state index contributed by atoms with van der Waals surface area (Å²) in [6.45, 7) is 1.22. The largest absolute Gasteiger partial charge is 0.505 e. The summed E-state index contributed by atoms with van der Waals surface area (Å²) in [5, 5.41) is 12.0. The minimum absolute atomic E-state index is 0.109. The number of nitrogens with zero attached hydrogens (tertiary/aromatic N) is 1. The predicted molar refractivity (Wildman–Crippen MR) is 88.4 cm³/mol. The summed E-state index contributed by atoms with van der Waals surface area (Å²) in [4.78, 5) is 14.2. The minimum atomic E-state index is -0.702. The summed E-state index contributed by atoms with van der Waals surface area (Å²) in [7, 11) is 1.60. The molecule has 2 amide bonds. The fourth-order valence-corrected chi connectivity index (χ4v) is 3.04. The zero-order valence-corrected chi connectivity index (χ0v) is 14.0. The van der Waals surface area contributed by atoms with Gasteiger partial charge in [0.2, 0.25) is 0 Å². The average molecular weight is 348 g/mol. The number of methoxy groups -OCH3 is 1. The molecule has 0 spiro atoms. The van der Waals surface area contributed by atoms with E-state index in [0.717, 1.165) is 24.4 Å². The van der Waals surface area contributed by atoms with Gasteiger partial charge in [-0.25, -0.2) is 9.18 Å². The van der Waals surface area contributed by atoms with Crippen molar-refractivity contribution >= 4 is 6.03 Å². The molecule has 7 heteroatoms. The first-order valence-electron chi connectivity index (χ1n) is 8.18. The summed E-state index contributed by atoms with van der Waals surface area (Å²) in [5.74, 6) is 0.367. The van der Waals surface area contributed by atoms with Crippen LogP contribution in [-0.2, 0) is 17.9 Å². The number of carbonyl (C=O) groups is 1. The Hall–Kier alpha value is -2.54. The lowest BCUT2D eigenvalue weighted by molar-refractivity contribution is 0.156. The Kier molecular flexibility index (Phi) is 5.23. The van der Waals surface area contributed by atoms with Crippen molar-refractivity contribution in [2.75, 3.05) is 13.7 Å². The number of halogens is 1. The van der Waals surface area contributed by atoms with E-state index in [9.17, 15) is 14.3 Å². The van der Waals surface area contributed by atoms with Gasteiger partial charge in [-0.1, -0.05) is 6.07 Å². The van der Waals surface area contributed by atoms with E-state index >= 15 is 0 Å². The summed E-state index contributed by atoms with van der Waals surface area (Å²) >= 11 is 0. The molecule has 1 aromatic carbocycles. The lowest BCUT2D eigenvalue weighted by Crippen LogP contribution is -2.39. The molecule has 0 aliphatic carbocycles. The Morgan fingerprint density at radius 3 is 3.04 bits per heavy atom. The molecule has 134 valence electrons. The van der Waals surface area contributed by atoms with Crippen molar-refractivity contribution in [2.45, 2.75) is 32.0 Å². The molecule has 1 saturated heterocycles. The van der Waals surface area contributed by atoms with E-state index in [0.29, 0.717) is 18.7 Å². The number of amides is 2. The van der Waals surface area contributed by atoms with E-state index in [1.807, 2.05) is 12.1 Å². The summed E-state index contributed by atoms with van der Waals surface area (Å²) in [6, 6.07) is 7.45. The third-order valence-corrected chi connectivity index (χ3v) is 4.27. The summed E-state index contributed by atoms with van der Waals surface area (Å²) in [5.41, 5.74) is 0.583. The molecule has 0 saturated carbocycles. The van der Waals surface area contributed by atoms with Crippen molar-refractivity contribution < 1.29 is 23.4 Å². The fourth-order valence-electron chi connectivity index (χ4n) is 3.04. The van der Waals surface area contributed by atoms with Gasteiger partial charge in [0.25, 0.3) is 0 Å². The molecule has 1 unspecified atom stereocenters. The van der Waals surface area contributed by atoms with Crippen molar-refractivity contribution in [2.24, 2.45) is 0 Å². The number of nitrogens with one attached hydrogen (secondary N) is 1. The maximum atomic E-state index is 13.4. The van der Waals surface area contributed by atoms with Crippen molar-refractivity contribution in [3.63, 3.8) is 0 Å². The Labute approximate surface area is 145 Å². The smallest absolute Gasteiger partial charge is 0.318 e. The first-order chi connectivity index (χ1) is 12.1. The highest BCUT2D eigenvalue weighted by atomic mass is 19.1. The van der Waals surface area contributed by atoms with Crippen LogP contribution in [0.25, 0.3) is 0 Å². The number of rotatable bonds is 5. The van der Waals surface area contributed by atoms with E-state index in [2.05, 4.69) is 5.32 Å². The van der Waals surface area contributed by atoms with Crippen molar-refractivity contribution in [1.29, 1.82) is 0 Å². The number of furan rings is 1. The Morgan fingerprint density at radius 2 is 2.28 bits per heavy atom. The van der Waals surface area contributed by atoms with Crippen LogP contribution >= 0.6 is 0 Å². The number of carbonyl (C=O) groups excluding carboxylic acids is 1. The van der Waals surface area contributed by atoms with E-state index in [4.69, 9.17) is 9.15 Å². The Balaban J connectivity index is 1.62. The molecule has 1 aromatic heterocycles. The van der Waals surface area contributed by atoms with Crippen LogP contribution in [0.4, 0.5) is 9.18 Å². The van der Waals surface area contributed by atoms with Gasteiger partial charge in [-0.05, 0) is 42.7 Å². The SMILES string of the molecule is COCc1ccc(C2CCCN2C(=O)NCc2ccc(O)c(F)c2)o1. The summed E-state index contributed by atoms with van der Waals surface area (Å²) < 4.78 is 24.2. The second-order valence-electron chi connectivity index (χ2n) is 6.03. The standard InChI is InChI=1S/C18H21FN2O4/c1-24-11-13-5-7-17(25-13)15-3-2-8-21(15)18(23)20-10-12-4-6-16(22)14(19)9-12/h4-7,9,15,22H,2-3,8,10-11H2,1H3,(H,20,23). The van der Waals surface area contributed by atoms with Gasteiger partial charge in [-0.2, -0.15) is 0 Å². The third kappa shape index (κ3) is 3.93. The number of phenolic OH excluding ortho intramolecular Hbond substituents is 1. The molecular weight excluding hydrogens is 327 g/mol. The van der Waals surface area contributed by atoms with E-state index in [1.165, 1.54) is 12.1 Å². The molecule has 3 rings (SSSR count). The van der Waals surface area contributed by atoms with Crippen molar-refractivity contribution in [3.8, 4) is 5.75 Å². The highest BCUT2D eigenvalue weighted by Gasteiger charge is 2.32. The number of hydrogen-bond donors (Lipinski definition) is 2. The number of hydrogen-bond acceptors (Lipinski definition) is 4. The molecule has 1 atom stereocenters. The normalized spacial score (nSPS) is 17.0. The molecular formula is C18H21FN2O4. The Bertz CT molecular complexity index is 746. The summed E-state index contributed by atoms with van der Waals surface area (Å²) in [6.07, 6.45) is 1.73. The van der Waals surface area contributed by atoms with Crippen LogP contribution in [-0.4, -0.2) is 29.7 Å². The number of ether oxygens (including phenoxy) is 1. The molecule has 1 fully saturated rings. The fraction of sp³-hybridized carbons (Fsp3) is 0.389. The lowest BCUT2D eigenvalue weighted by atomic mass is 10.2. The molecule has 2 N–H and O–H groups in total. The number of benzene rings is 1. The molecule has 0 bridgehead atoms. The van der Waals surface area contributed by atoms with Gasteiger partial charge in [0.15, 0.2) is 11.6 Å². The number of aromatic hydroxyl groups is 1.